The summed E-state index contributed by atoms with van der Waals surface area (Å²) in [6, 6.07) is 3.59. The summed E-state index contributed by atoms with van der Waals surface area (Å²) in [5.74, 6) is 2.46. The van der Waals surface area contributed by atoms with E-state index in [4.69, 9.17) is 11.2 Å². The minimum Gasteiger partial charge on any atom is -0.444 e. The minimum absolute atomic E-state index is 0.308. The van der Waals surface area contributed by atoms with Gasteiger partial charge in [-0.2, -0.15) is 0 Å². The Balaban J connectivity index is 2.57. The summed E-state index contributed by atoms with van der Waals surface area (Å²) in [4.78, 5) is 15.4. The van der Waals surface area contributed by atoms with Crippen LogP contribution in [0.1, 0.15) is 32.0 Å². The van der Waals surface area contributed by atoms with E-state index in [-0.39, 0.29) is 0 Å². The van der Waals surface area contributed by atoms with Crippen molar-refractivity contribution in [3.8, 4) is 12.3 Å². The number of carbonyl (C=O) groups excluding carboxylic acids is 1. The van der Waals surface area contributed by atoms with Crippen LogP contribution in [0.15, 0.2) is 18.3 Å². The number of amides is 1. The van der Waals surface area contributed by atoms with E-state index in [0.717, 1.165) is 5.56 Å². The van der Waals surface area contributed by atoms with E-state index in [9.17, 15) is 4.79 Å². The van der Waals surface area contributed by atoms with Crippen molar-refractivity contribution in [1.29, 1.82) is 0 Å². The van der Waals surface area contributed by atoms with Gasteiger partial charge in [0.05, 0.1) is 0 Å². The molecule has 1 aromatic rings. The molecule has 0 saturated carbocycles. The zero-order valence-electron chi connectivity index (χ0n) is 10.3. The van der Waals surface area contributed by atoms with Crippen LogP contribution in [0, 0.1) is 12.3 Å². The van der Waals surface area contributed by atoms with Gasteiger partial charge in [-0.15, -0.1) is 6.42 Å². The van der Waals surface area contributed by atoms with Gasteiger partial charge in [0, 0.05) is 18.3 Å². The largest absolute Gasteiger partial charge is 0.444 e. The molecule has 4 heteroatoms. The molecule has 0 aliphatic heterocycles. The van der Waals surface area contributed by atoms with Gasteiger partial charge in [-0.3, -0.25) is 0 Å². The van der Waals surface area contributed by atoms with Gasteiger partial charge < -0.3 is 10.1 Å². The topological polar surface area (TPSA) is 51.2 Å². The molecule has 0 saturated heterocycles. The van der Waals surface area contributed by atoms with Crippen molar-refractivity contribution in [2.75, 3.05) is 0 Å². The molecule has 17 heavy (non-hydrogen) atoms. The zero-order valence-corrected chi connectivity index (χ0v) is 10.3. The fourth-order valence-corrected chi connectivity index (χ4v) is 1.19. The molecule has 1 heterocycles. The lowest BCUT2D eigenvalue weighted by atomic mass is 10.2. The lowest BCUT2D eigenvalue weighted by Gasteiger charge is -2.19. The van der Waals surface area contributed by atoms with Crippen molar-refractivity contribution in [2.45, 2.75) is 32.9 Å². The first kappa shape index (κ1) is 13.0. The molecule has 0 aliphatic rings. The molecule has 0 aromatic carbocycles. The van der Waals surface area contributed by atoms with E-state index < -0.39 is 11.7 Å². The number of terminal acetylenes is 1. The van der Waals surface area contributed by atoms with Crippen LogP contribution in [0.4, 0.5) is 4.79 Å². The van der Waals surface area contributed by atoms with Gasteiger partial charge in [-0.1, -0.05) is 6.07 Å². The highest BCUT2D eigenvalue weighted by Crippen LogP contribution is 2.07. The lowest BCUT2D eigenvalue weighted by molar-refractivity contribution is 0.0523. The van der Waals surface area contributed by atoms with Gasteiger partial charge in [-0.25, -0.2) is 9.78 Å². The number of pyridine rings is 1. The summed E-state index contributed by atoms with van der Waals surface area (Å²) >= 11 is 0. The van der Waals surface area contributed by atoms with Crippen LogP contribution >= 0.6 is 0 Å². The number of rotatable bonds is 2. The molecule has 0 atom stereocenters. The fraction of sp³-hybridized carbons (Fsp3) is 0.385. The Labute approximate surface area is 101 Å². The molecule has 1 rings (SSSR count). The summed E-state index contributed by atoms with van der Waals surface area (Å²) in [6.45, 7) is 5.73. The second-order valence-electron chi connectivity index (χ2n) is 4.51. The predicted molar refractivity (Wildman–Crippen MR) is 65.2 cm³/mol. The van der Waals surface area contributed by atoms with Gasteiger partial charge in [0.15, 0.2) is 0 Å². The minimum atomic E-state index is -0.506. The molecule has 0 fully saturated rings. The Morgan fingerprint density at radius 1 is 1.59 bits per heavy atom. The van der Waals surface area contributed by atoms with Crippen molar-refractivity contribution in [1.82, 2.24) is 10.3 Å². The zero-order chi connectivity index (χ0) is 12.9. The van der Waals surface area contributed by atoms with Crippen LogP contribution in [0.3, 0.4) is 0 Å². The molecule has 90 valence electrons. The average molecular weight is 232 g/mol. The van der Waals surface area contributed by atoms with Gasteiger partial charge >= 0.3 is 6.09 Å². The third-order valence-electron chi connectivity index (χ3n) is 1.85. The lowest BCUT2D eigenvalue weighted by Crippen LogP contribution is -2.32. The van der Waals surface area contributed by atoms with Crippen molar-refractivity contribution >= 4 is 6.09 Å². The molecular weight excluding hydrogens is 216 g/mol. The third-order valence-corrected chi connectivity index (χ3v) is 1.85. The van der Waals surface area contributed by atoms with Gasteiger partial charge in [0.25, 0.3) is 0 Å². The fourth-order valence-electron chi connectivity index (χ4n) is 1.19. The molecular formula is C13H16N2O2. The molecule has 1 amide bonds. The summed E-state index contributed by atoms with van der Waals surface area (Å²) in [7, 11) is 0. The number of ether oxygens (including phenoxy) is 1. The Morgan fingerprint density at radius 2 is 2.29 bits per heavy atom. The number of alkyl carbamates (subject to hydrolysis) is 1. The summed E-state index contributed by atoms with van der Waals surface area (Å²) in [5.41, 5.74) is 0.818. The normalized spacial score (nSPS) is 10.5. The van der Waals surface area contributed by atoms with Crippen LogP contribution in [0.5, 0.6) is 0 Å². The molecule has 0 unspecified atom stereocenters. The van der Waals surface area contributed by atoms with E-state index in [2.05, 4.69) is 16.2 Å². The number of aromatic nitrogens is 1. The molecule has 0 bridgehead atoms. The Hall–Kier alpha value is -2.02. The monoisotopic (exact) mass is 232 g/mol. The Bertz CT molecular complexity index is 441. The maximum Gasteiger partial charge on any atom is 0.407 e. The van der Waals surface area contributed by atoms with Crippen LogP contribution in [-0.2, 0) is 11.3 Å². The van der Waals surface area contributed by atoms with Crippen LogP contribution < -0.4 is 5.32 Å². The van der Waals surface area contributed by atoms with E-state index in [1.807, 2.05) is 26.8 Å². The maximum atomic E-state index is 11.4. The quantitative estimate of drug-likeness (QED) is 0.794. The van der Waals surface area contributed by atoms with E-state index in [0.29, 0.717) is 12.2 Å². The molecule has 4 nitrogen and oxygen atoms in total. The molecule has 0 aliphatic carbocycles. The number of carbonyl (C=O) groups is 1. The van der Waals surface area contributed by atoms with E-state index >= 15 is 0 Å². The first-order valence-electron chi connectivity index (χ1n) is 5.30. The Kier molecular flexibility index (Phi) is 4.11. The van der Waals surface area contributed by atoms with Crippen molar-refractivity contribution in [2.24, 2.45) is 0 Å². The second-order valence-corrected chi connectivity index (χ2v) is 4.51. The third kappa shape index (κ3) is 4.56. The predicted octanol–water partition coefficient (Wildman–Crippen LogP) is 2.09. The molecule has 1 aromatic heterocycles. The molecule has 0 radical (unpaired) electrons. The highest BCUT2D eigenvalue weighted by Gasteiger charge is 2.15. The molecule has 0 spiro atoms. The maximum absolute atomic E-state index is 11.4. The van der Waals surface area contributed by atoms with Crippen molar-refractivity contribution in [3.05, 3.63) is 29.6 Å². The van der Waals surface area contributed by atoms with Crippen molar-refractivity contribution in [3.63, 3.8) is 0 Å². The molecule has 1 N–H and O–H groups in total. The smallest absolute Gasteiger partial charge is 0.407 e. The SMILES string of the molecule is C#Cc1ncccc1CNC(=O)OC(C)(C)C. The first-order chi connectivity index (χ1) is 7.92. The highest BCUT2D eigenvalue weighted by atomic mass is 16.6. The van der Waals surface area contributed by atoms with Gasteiger partial charge in [0.2, 0.25) is 0 Å². The van der Waals surface area contributed by atoms with E-state index in [1.165, 1.54) is 0 Å². The van der Waals surface area contributed by atoms with Gasteiger partial charge in [-0.05, 0) is 32.8 Å². The summed E-state index contributed by atoms with van der Waals surface area (Å²) in [5, 5.41) is 2.63. The second kappa shape index (κ2) is 5.35. The van der Waals surface area contributed by atoms with Gasteiger partial charge in [0.1, 0.15) is 11.3 Å². The van der Waals surface area contributed by atoms with Crippen molar-refractivity contribution < 1.29 is 9.53 Å². The highest BCUT2D eigenvalue weighted by molar-refractivity contribution is 5.67. The van der Waals surface area contributed by atoms with Crippen LogP contribution in [0.25, 0.3) is 0 Å². The average Bonchev–Trinajstić information content (AvgIpc) is 2.24. The standard InChI is InChI=1S/C13H16N2O2/c1-5-11-10(7-6-8-14-11)9-15-12(16)17-13(2,3)4/h1,6-8H,9H2,2-4H3,(H,15,16). The van der Waals surface area contributed by atoms with E-state index in [1.54, 1.807) is 12.3 Å². The number of nitrogens with one attached hydrogen (secondary N) is 1. The summed E-state index contributed by atoms with van der Waals surface area (Å²) < 4.78 is 5.11. The van der Waals surface area contributed by atoms with Crippen LogP contribution in [-0.4, -0.2) is 16.7 Å². The first-order valence-corrected chi connectivity index (χ1v) is 5.30. The van der Waals surface area contributed by atoms with Crippen LogP contribution in [0.2, 0.25) is 0 Å². The number of hydrogen-bond acceptors (Lipinski definition) is 3. The summed E-state index contributed by atoms with van der Waals surface area (Å²) in [6.07, 6.45) is 6.45. The number of hydrogen-bond donors (Lipinski definition) is 1. The number of nitrogens with zero attached hydrogens (tertiary/aromatic N) is 1. The Morgan fingerprint density at radius 3 is 2.88 bits per heavy atom.